The van der Waals surface area contributed by atoms with E-state index in [9.17, 15) is 4.79 Å². The summed E-state index contributed by atoms with van der Waals surface area (Å²) in [5, 5.41) is 14.9. The normalized spacial score (nSPS) is 33.2. The van der Waals surface area contributed by atoms with E-state index in [4.69, 9.17) is 10.9 Å². The van der Waals surface area contributed by atoms with Crippen molar-refractivity contribution in [3.05, 3.63) is 0 Å². The number of amides is 1. The number of nitrogens with one attached hydrogen (secondary N) is 1. The SMILES string of the molecule is CC1CC(C(=O)NCC2CCCC2)(C(N)=NO)C1. The second-order valence-corrected chi connectivity index (χ2v) is 5.94. The van der Waals surface area contributed by atoms with Crippen molar-refractivity contribution in [2.45, 2.75) is 45.4 Å². The number of rotatable bonds is 4. The van der Waals surface area contributed by atoms with E-state index in [1.165, 1.54) is 25.7 Å². The Kier molecular flexibility index (Phi) is 3.78. The van der Waals surface area contributed by atoms with Gasteiger partial charge in [-0.25, -0.2) is 0 Å². The molecule has 1 amide bonds. The van der Waals surface area contributed by atoms with Crippen molar-refractivity contribution in [1.29, 1.82) is 0 Å². The van der Waals surface area contributed by atoms with Gasteiger partial charge in [-0.2, -0.15) is 0 Å². The molecule has 0 aromatic heterocycles. The molecule has 0 spiro atoms. The van der Waals surface area contributed by atoms with E-state index in [1.807, 2.05) is 0 Å². The lowest BCUT2D eigenvalue weighted by Crippen LogP contribution is -2.57. The maximum absolute atomic E-state index is 12.3. The molecule has 2 aliphatic rings. The zero-order valence-corrected chi connectivity index (χ0v) is 11.0. The van der Waals surface area contributed by atoms with Crippen LogP contribution in [0.5, 0.6) is 0 Å². The highest BCUT2D eigenvalue weighted by atomic mass is 16.4. The molecule has 0 aromatic carbocycles. The van der Waals surface area contributed by atoms with Crippen molar-refractivity contribution in [3.63, 3.8) is 0 Å². The minimum atomic E-state index is -0.757. The first-order valence-corrected chi connectivity index (χ1v) is 6.85. The summed E-state index contributed by atoms with van der Waals surface area (Å²) < 4.78 is 0. The van der Waals surface area contributed by atoms with E-state index in [0.29, 0.717) is 24.7 Å². The molecule has 0 heterocycles. The molecule has 2 aliphatic carbocycles. The van der Waals surface area contributed by atoms with Gasteiger partial charge in [-0.3, -0.25) is 4.79 Å². The number of hydrogen-bond donors (Lipinski definition) is 3. The molecule has 0 atom stereocenters. The van der Waals surface area contributed by atoms with Crippen LogP contribution in [0.3, 0.4) is 0 Å². The van der Waals surface area contributed by atoms with Crippen molar-refractivity contribution < 1.29 is 10.0 Å². The van der Waals surface area contributed by atoms with Crippen LogP contribution in [-0.4, -0.2) is 23.5 Å². The molecule has 2 fully saturated rings. The minimum absolute atomic E-state index is 0.0597. The molecule has 5 nitrogen and oxygen atoms in total. The lowest BCUT2D eigenvalue weighted by Gasteiger charge is -2.43. The van der Waals surface area contributed by atoms with Crippen LogP contribution in [0.4, 0.5) is 0 Å². The lowest BCUT2D eigenvalue weighted by atomic mass is 9.61. The predicted molar refractivity (Wildman–Crippen MR) is 69.2 cm³/mol. The molecule has 0 aromatic rings. The molecule has 0 unspecified atom stereocenters. The van der Waals surface area contributed by atoms with E-state index in [2.05, 4.69) is 17.4 Å². The standard InChI is InChI=1S/C13H23N3O2/c1-9-6-13(7-9,11(14)16-18)12(17)15-8-10-4-2-3-5-10/h9-10,18H,2-8H2,1H3,(H2,14,16)(H,15,17). The first-order chi connectivity index (χ1) is 8.58. The second kappa shape index (κ2) is 5.16. The van der Waals surface area contributed by atoms with Crippen LogP contribution in [0.15, 0.2) is 5.16 Å². The molecular formula is C13H23N3O2. The van der Waals surface area contributed by atoms with Crippen LogP contribution in [0, 0.1) is 17.3 Å². The van der Waals surface area contributed by atoms with Crippen LogP contribution in [0.2, 0.25) is 0 Å². The van der Waals surface area contributed by atoms with Crippen LogP contribution in [0.1, 0.15) is 45.4 Å². The Bertz CT molecular complexity index is 342. The van der Waals surface area contributed by atoms with Crippen LogP contribution >= 0.6 is 0 Å². The highest BCUT2D eigenvalue weighted by molar-refractivity contribution is 6.07. The fourth-order valence-corrected chi connectivity index (χ4v) is 3.36. The number of hydrogen-bond acceptors (Lipinski definition) is 3. The van der Waals surface area contributed by atoms with Gasteiger partial charge in [0.2, 0.25) is 5.91 Å². The van der Waals surface area contributed by atoms with Gasteiger partial charge >= 0.3 is 0 Å². The van der Waals surface area contributed by atoms with Crippen molar-refractivity contribution in [2.24, 2.45) is 28.1 Å². The topological polar surface area (TPSA) is 87.7 Å². The Morgan fingerprint density at radius 1 is 1.44 bits per heavy atom. The van der Waals surface area contributed by atoms with E-state index in [1.54, 1.807) is 0 Å². The third-order valence-electron chi connectivity index (χ3n) is 4.45. The third kappa shape index (κ3) is 2.31. The predicted octanol–water partition coefficient (Wildman–Crippen LogP) is 1.46. The molecule has 0 saturated heterocycles. The third-order valence-corrected chi connectivity index (χ3v) is 4.45. The van der Waals surface area contributed by atoms with Crippen molar-refractivity contribution >= 4 is 11.7 Å². The van der Waals surface area contributed by atoms with Crippen LogP contribution < -0.4 is 11.1 Å². The molecular weight excluding hydrogens is 230 g/mol. The summed E-state index contributed by atoms with van der Waals surface area (Å²) in [5.41, 5.74) is 4.94. The maximum Gasteiger partial charge on any atom is 0.233 e. The van der Waals surface area contributed by atoms with Gasteiger partial charge in [0.1, 0.15) is 5.41 Å². The Hall–Kier alpha value is -1.26. The monoisotopic (exact) mass is 253 g/mol. The quantitative estimate of drug-likeness (QED) is 0.307. The van der Waals surface area contributed by atoms with Crippen LogP contribution in [0.25, 0.3) is 0 Å². The Morgan fingerprint density at radius 3 is 2.56 bits per heavy atom. The Balaban J connectivity index is 1.92. The summed E-state index contributed by atoms with van der Waals surface area (Å²) >= 11 is 0. The van der Waals surface area contributed by atoms with E-state index in [-0.39, 0.29) is 11.7 Å². The number of amidine groups is 1. The highest BCUT2D eigenvalue weighted by Crippen LogP contribution is 2.45. The number of carbonyl (C=O) groups is 1. The fourth-order valence-electron chi connectivity index (χ4n) is 3.36. The van der Waals surface area contributed by atoms with E-state index >= 15 is 0 Å². The van der Waals surface area contributed by atoms with Gasteiger partial charge < -0.3 is 16.3 Å². The first kappa shape index (κ1) is 13.2. The molecule has 2 saturated carbocycles. The zero-order valence-electron chi connectivity index (χ0n) is 11.0. The molecule has 0 radical (unpaired) electrons. The van der Waals surface area contributed by atoms with E-state index in [0.717, 1.165) is 6.54 Å². The number of nitrogens with two attached hydrogens (primary N) is 1. The Labute approximate surface area is 108 Å². The largest absolute Gasteiger partial charge is 0.409 e. The minimum Gasteiger partial charge on any atom is -0.409 e. The Morgan fingerprint density at radius 2 is 2.06 bits per heavy atom. The number of nitrogens with zero attached hydrogens (tertiary/aromatic N) is 1. The fraction of sp³-hybridized carbons (Fsp3) is 0.846. The van der Waals surface area contributed by atoms with Crippen molar-refractivity contribution in [1.82, 2.24) is 5.32 Å². The highest BCUT2D eigenvalue weighted by Gasteiger charge is 2.52. The summed E-state index contributed by atoms with van der Waals surface area (Å²) in [4.78, 5) is 12.3. The zero-order chi connectivity index (χ0) is 13.2. The van der Waals surface area contributed by atoms with Gasteiger partial charge in [0.05, 0.1) is 0 Å². The second-order valence-electron chi connectivity index (χ2n) is 5.94. The lowest BCUT2D eigenvalue weighted by molar-refractivity contribution is -0.133. The van der Waals surface area contributed by atoms with Crippen LogP contribution in [-0.2, 0) is 4.79 Å². The molecule has 102 valence electrons. The summed E-state index contributed by atoms with van der Waals surface area (Å²) in [7, 11) is 0. The van der Waals surface area contributed by atoms with Gasteiger partial charge in [-0.1, -0.05) is 24.9 Å². The van der Waals surface area contributed by atoms with Crippen molar-refractivity contribution in [2.75, 3.05) is 6.54 Å². The summed E-state index contributed by atoms with van der Waals surface area (Å²) in [5.74, 6) is 1.06. The molecule has 4 N–H and O–H groups in total. The van der Waals surface area contributed by atoms with Gasteiger partial charge in [0.15, 0.2) is 5.84 Å². The molecule has 0 aliphatic heterocycles. The number of oxime groups is 1. The van der Waals surface area contributed by atoms with Gasteiger partial charge in [0.25, 0.3) is 0 Å². The smallest absolute Gasteiger partial charge is 0.233 e. The van der Waals surface area contributed by atoms with Gasteiger partial charge in [0, 0.05) is 6.54 Å². The average molecular weight is 253 g/mol. The number of carbonyl (C=O) groups excluding carboxylic acids is 1. The molecule has 5 heteroatoms. The summed E-state index contributed by atoms with van der Waals surface area (Å²) in [6.45, 7) is 2.81. The molecule has 18 heavy (non-hydrogen) atoms. The average Bonchev–Trinajstić information content (AvgIpc) is 2.83. The van der Waals surface area contributed by atoms with Gasteiger partial charge in [-0.05, 0) is 37.5 Å². The van der Waals surface area contributed by atoms with Gasteiger partial charge in [-0.15, -0.1) is 0 Å². The summed E-state index contributed by atoms with van der Waals surface area (Å²) in [6, 6.07) is 0. The molecule has 2 rings (SSSR count). The van der Waals surface area contributed by atoms with E-state index < -0.39 is 5.41 Å². The molecule has 0 bridgehead atoms. The maximum atomic E-state index is 12.3. The van der Waals surface area contributed by atoms with Crippen molar-refractivity contribution in [3.8, 4) is 0 Å². The first-order valence-electron chi connectivity index (χ1n) is 6.85. The summed E-state index contributed by atoms with van der Waals surface area (Å²) in [6.07, 6.45) is 6.30.